The molecule has 0 unspecified atom stereocenters. The van der Waals surface area contributed by atoms with Crippen molar-refractivity contribution in [1.29, 1.82) is 0 Å². The Morgan fingerprint density at radius 1 is 0.938 bits per heavy atom. The number of nitrogens with one attached hydrogen (secondary N) is 1. The van der Waals surface area contributed by atoms with E-state index in [1.165, 1.54) is 38.5 Å². The van der Waals surface area contributed by atoms with Crippen molar-refractivity contribution < 1.29 is 0 Å². The van der Waals surface area contributed by atoms with Crippen LogP contribution in [0.25, 0.3) is 0 Å². The van der Waals surface area contributed by atoms with Crippen molar-refractivity contribution in [3.63, 3.8) is 0 Å². The van der Waals surface area contributed by atoms with Gasteiger partial charge >= 0.3 is 0 Å². The molecule has 0 aliphatic carbocycles. The molecular weight excluding hydrogens is 218 g/mol. The van der Waals surface area contributed by atoms with Crippen LogP contribution in [0.1, 0.15) is 45.4 Å². The number of unbranched alkanes of at least 4 members (excludes halogenated alkanes) is 5. The quantitative estimate of drug-likeness (QED) is 0.622. The first-order valence-electron chi connectivity index (χ1n) is 6.32. The number of hydrogen-bond acceptors (Lipinski definition) is 1. The summed E-state index contributed by atoms with van der Waals surface area (Å²) in [5.74, 6) is 0. The maximum Gasteiger partial charge on any atom is 0.0407 e. The van der Waals surface area contributed by atoms with E-state index in [0.29, 0.717) is 0 Å². The Labute approximate surface area is 104 Å². The first-order valence-corrected chi connectivity index (χ1v) is 6.70. The third kappa shape index (κ3) is 6.02. The molecule has 0 saturated heterocycles. The zero-order valence-corrected chi connectivity index (χ0v) is 10.9. The lowest BCUT2D eigenvalue weighted by atomic mass is 10.1. The molecule has 0 aromatic heterocycles. The van der Waals surface area contributed by atoms with Crippen LogP contribution >= 0.6 is 11.6 Å². The third-order valence-corrected chi connectivity index (χ3v) is 2.96. The Bertz CT molecular complexity index is 269. The molecule has 1 nitrogen and oxygen atoms in total. The van der Waals surface area contributed by atoms with Crippen molar-refractivity contribution in [3.05, 3.63) is 29.3 Å². The zero-order chi connectivity index (χ0) is 11.6. The summed E-state index contributed by atoms with van der Waals surface area (Å²) in [6, 6.07) is 7.90. The van der Waals surface area contributed by atoms with Gasteiger partial charge in [-0.05, 0) is 30.7 Å². The van der Waals surface area contributed by atoms with Crippen LogP contribution in [0.2, 0.25) is 5.02 Å². The summed E-state index contributed by atoms with van der Waals surface area (Å²) in [6.07, 6.45) is 8.05. The van der Waals surface area contributed by atoms with E-state index in [0.717, 1.165) is 17.3 Å². The largest absolute Gasteiger partial charge is 0.385 e. The van der Waals surface area contributed by atoms with Crippen molar-refractivity contribution in [2.24, 2.45) is 0 Å². The van der Waals surface area contributed by atoms with E-state index < -0.39 is 0 Å². The maximum atomic E-state index is 5.82. The number of halogens is 1. The smallest absolute Gasteiger partial charge is 0.0407 e. The molecule has 16 heavy (non-hydrogen) atoms. The third-order valence-electron chi connectivity index (χ3n) is 2.70. The fraction of sp³-hybridized carbons (Fsp3) is 0.571. The molecule has 0 fully saturated rings. The van der Waals surface area contributed by atoms with Crippen LogP contribution in [0.5, 0.6) is 0 Å². The number of hydrogen-bond donors (Lipinski definition) is 1. The molecular formula is C14H22ClN. The van der Waals surface area contributed by atoms with Gasteiger partial charge in [-0.3, -0.25) is 0 Å². The van der Waals surface area contributed by atoms with Gasteiger partial charge in [0.2, 0.25) is 0 Å². The molecule has 90 valence electrons. The second-order valence-corrected chi connectivity index (χ2v) is 4.64. The standard InChI is InChI=1S/C14H22ClN/c1-2-3-4-5-6-7-12-16-14-10-8-13(15)9-11-14/h8-11,16H,2-7,12H2,1H3. The lowest BCUT2D eigenvalue weighted by molar-refractivity contribution is 0.617. The Morgan fingerprint density at radius 2 is 1.56 bits per heavy atom. The van der Waals surface area contributed by atoms with Crippen molar-refractivity contribution in [2.45, 2.75) is 45.4 Å². The van der Waals surface area contributed by atoms with Crippen LogP contribution in [-0.4, -0.2) is 6.54 Å². The first-order chi connectivity index (χ1) is 7.83. The second-order valence-electron chi connectivity index (χ2n) is 4.20. The topological polar surface area (TPSA) is 12.0 Å². The molecule has 2 heteroatoms. The fourth-order valence-corrected chi connectivity index (χ4v) is 1.83. The van der Waals surface area contributed by atoms with Crippen LogP contribution < -0.4 is 5.32 Å². The van der Waals surface area contributed by atoms with Crippen molar-refractivity contribution in [3.8, 4) is 0 Å². The Hall–Kier alpha value is -0.690. The molecule has 0 spiro atoms. The van der Waals surface area contributed by atoms with Crippen LogP contribution in [-0.2, 0) is 0 Å². The summed E-state index contributed by atoms with van der Waals surface area (Å²) in [5.41, 5.74) is 1.16. The Balaban J connectivity index is 2.01. The summed E-state index contributed by atoms with van der Waals surface area (Å²) < 4.78 is 0. The lowest BCUT2D eigenvalue weighted by Gasteiger charge is -2.06. The monoisotopic (exact) mass is 239 g/mol. The normalized spacial score (nSPS) is 10.4. The minimum atomic E-state index is 0.796. The molecule has 0 atom stereocenters. The number of benzene rings is 1. The van der Waals surface area contributed by atoms with E-state index in [2.05, 4.69) is 12.2 Å². The Morgan fingerprint density at radius 3 is 2.25 bits per heavy atom. The highest BCUT2D eigenvalue weighted by molar-refractivity contribution is 6.30. The molecule has 0 aliphatic rings. The van der Waals surface area contributed by atoms with Gasteiger partial charge in [-0.2, -0.15) is 0 Å². The van der Waals surface area contributed by atoms with E-state index in [1.807, 2.05) is 24.3 Å². The SMILES string of the molecule is CCCCCCCCNc1ccc(Cl)cc1. The van der Waals surface area contributed by atoms with Gasteiger partial charge in [0.1, 0.15) is 0 Å². The van der Waals surface area contributed by atoms with E-state index in [9.17, 15) is 0 Å². The molecule has 1 N–H and O–H groups in total. The lowest BCUT2D eigenvalue weighted by Crippen LogP contribution is -2.00. The number of anilines is 1. The molecule has 0 saturated carbocycles. The zero-order valence-electron chi connectivity index (χ0n) is 10.1. The highest BCUT2D eigenvalue weighted by Crippen LogP contribution is 2.13. The predicted molar refractivity (Wildman–Crippen MR) is 73.3 cm³/mol. The summed E-state index contributed by atoms with van der Waals surface area (Å²) in [6.45, 7) is 3.32. The van der Waals surface area contributed by atoms with Crippen molar-refractivity contribution in [1.82, 2.24) is 0 Å². The molecule has 0 bridgehead atoms. The van der Waals surface area contributed by atoms with Crippen LogP contribution in [0.15, 0.2) is 24.3 Å². The van der Waals surface area contributed by atoms with Gasteiger partial charge in [0.25, 0.3) is 0 Å². The molecule has 0 amide bonds. The predicted octanol–water partition coefficient (Wildman–Crippen LogP) is 5.11. The highest BCUT2D eigenvalue weighted by atomic mass is 35.5. The Kier molecular flexibility index (Phi) is 7.07. The first kappa shape index (κ1) is 13.4. The van der Waals surface area contributed by atoms with Crippen LogP contribution in [0.4, 0.5) is 5.69 Å². The van der Waals surface area contributed by atoms with Gasteiger partial charge in [-0.15, -0.1) is 0 Å². The summed E-state index contributed by atoms with van der Waals surface area (Å²) >= 11 is 5.82. The van der Waals surface area contributed by atoms with Crippen molar-refractivity contribution >= 4 is 17.3 Å². The minimum Gasteiger partial charge on any atom is -0.385 e. The van der Waals surface area contributed by atoms with Crippen molar-refractivity contribution in [2.75, 3.05) is 11.9 Å². The van der Waals surface area contributed by atoms with Gasteiger partial charge < -0.3 is 5.32 Å². The van der Waals surface area contributed by atoms with Gasteiger partial charge in [-0.1, -0.05) is 50.6 Å². The average molecular weight is 240 g/mol. The summed E-state index contributed by atoms with van der Waals surface area (Å²) in [4.78, 5) is 0. The van der Waals surface area contributed by atoms with E-state index in [-0.39, 0.29) is 0 Å². The molecule has 1 rings (SSSR count). The molecule has 0 heterocycles. The molecule has 0 aliphatic heterocycles. The molecule has 1 aromatic rings. The van der Waals surface area contributed by atoms with Crippen LogP contribution in [0, 0.1) is 0 Å². The molecule has 1 aromatic carbocycles. The van der Waals surface area contributed by atoms with Gasteiger partial charge in [0.05, 0.1) is 0 Å². The van der Waals surface area contributed by atoms with E-state index >= 15 is 0 Å². The number of rotatable bonds is 8. The van der Waals surface area contributed by atoms with Gasteiger partial charge in [0, 0.05) is 17.3 Å². The molecule has 0 radical (unpaired) electrons. The van der Waals surface area contributed by atoms with E-state index in [4.69, 9.17) is 11.6 Å². The fourth-order valence-electron chi connectivity index (χ4n) is 1.71. The summed E-state index contributed by atoms with van der Waals surface area (Å²) in [7, 11) is 0. The van der Waals surface area contributed by atoms with E-state index in [1.54, 1.807) is 0 Å². The summed E-state index contributed by atoms with van der Waals surface area (Å²) in [5, 5.41) is 4.20. The van der Waals surface area contributed by atoms with Gasteiger partial charge in [-0.25, -0.2) is 0 Å². The van der Waals surface area contributed by atoms with Crippen LogP contribution in [0.3, 0.4) is 0 Å². The maximum absolute atomic E-state index is 5.82. The second kappa shape index (κ2) is 8.46. The highest BCUT2D eigenvalue weighted by Gasteiger charge is 1.92. The average Bonchev–Trinajstić information content (AvgIpc) is 2.30. The van der Waals surface area contributed by atoms with Gasteiger partial charge in [0.15, 0.2) is 0 Å². The minimum absolute atomic E-state index is 0.796.